The number of nitrogen functional groups attached to an aromatic ring is 1. The van der Waals surface area contributed by atoms with Crippen molar-refractivity contribution in [3.63, 3.8) is 0 Å². The molecule has 118 valence electrons. The Morgan fingerprint density at radius 2 is 1.74 bits per heavy atom. The number of aromatic nitrogens is 2. The van der Waals surface area contributed by atoms with Gasteiger partial charge in [0.05, 0.1) is 31.8 Å². The summed E-state index contributed by atoms with van der Waals surface area (Å²) in [5.74, 6) is 1.22. The fourth-order valence-corrected chi connectivity index (χ4v) is 2.89. The van der Waals surface area contributed by atoms with Crippen molar-refractivity contribution in [3.8, 4) is 28.4 Å². The molecule has 1 aromatic heterocycles. The van der Waals surface area contributed by atoms with E-state index in [0.29, 0.717) is 17.2 Å². The molecule has 5 nitrogen and oxygen atoms in total. The largest absolute Gasteiger partial charge is 0.493 e. The number of hydrogen-bond donors (Lipinski definition) is 1. The van der Waals surface area contributed by atoms with Crippen LogP contribution in [0.4, 0.5) is 5.69 Å². The normalized spacial score (nSPS) is 10.6. The zero-order chi connectivity index (χ0) is 16.4. The van der Waals surface area contributed by atoms with Crippen LogP contribution in [0.5, 0.6) is 11.5 Å². The van der Waals surface area contributed by atoms with E-state index in [2.05, 4.69) is 21.0 Å². The zero-order valence-corrected chi connectivity index (χ0v) is 14.4. The van der Waals surface area contributed by atoms with Crippen molar-refractivity contribution in [2.75, 3.05) is 20.0 Å². The number of nitrogens with zero attached hydrogens (tertiary/aromatic N) is 2. The Labute approximate surface area is 142 Å². The number of nitrogens with two attached hydrogens (primary N) is 1. The molecule has 0 spiro atoms. The van der Waals surface area contributed by atoms with Crippen molar-refractivity contribution in [2.45, 2.75) is 0 Å². The Morgan fingerprint density at radius 1 is 1.04 bits per heavy atom. The van der Waals surface area contributed by atoms with E-state index < -0.39 is 0 Å². The van der Waals surface area contributed by atoms with Gasteiger partial charge in [0.1, 0.15) is 0 Å². The van der Waals surface area contributed by atoms with Gasteiger partial charge in [-0.1, -0.05) is 12.1 Å². The van der Waals surface area contributed by atoms with Crippen molar-refractivity contribution in [2.24, 2.45) is 0 Å². The first-order valence-corrected chi connectivity index (χ1v) is 7.75. The van der Waals surface area contributed by atoms with Crippen LogP contribution < -0.4 is 15.2 Å². The number of anilines is 1. The molecular weight excluding hydrogens is 358 g/mol. The molecule has 23 heavy (non-hydrogen) atoms. The minimum atomic E-state index is 0.594. The monoisotopic (exact) mass is 373 g/mol. The van der Waals surface area contributed by atoms with Crippen molar-refractivity contribution < 1.29 is 9.47 Å². The predicted molar refractivity (Wildman–Crippen MR) is 94.2 cm³/mol. The van der Waals surface area contributed by atoms with Crippen LogP contribution >= 0.6 is 15.9 Å². The first-order chi connectivity index (χ1) is 11.2. The van der Waals surface area contributed by atoms with Gasteiger partial charge in [0, 0.05) is 21.8 Å². The molecule has 0 aliphatic rings. The van der Waals surface area contributed by atoms with Gasteiger partial charge in [-0.3, -0.25) is 0 Å². The van der Waals surface area contributed by atoms with Gasteiger partial charge in [0.25, 0.3) is 0 Å². The van der Waals surface area contributed by atoms with Gasteiger partial charge < -0.3 is 15.2 Å². The minimum absolute atomic E-state index is 0.594. The number of hydrogen-bond acceptors (Lipinski definition) is 4. The highest BCUT2D eigenvalue weighted by atomic mass is 79.9. The average molecular weight is 374 g/mol. The summed E-state index contributed by atoms with van der Waals surface area (Å²) in [6.07, 6.45) is 1.74. The molecule has 2 N–H and O–H groups in total. The van der Waals surface area contributed by atoms with E-state index in [9.17, 15) is 0 Å². The minimum Gasteiger partial charge on any atom is -0.493 e. The molecule has 0 radical (unpaired) electrons. The zero-order valence-electron chi connectivity index (χ0n) is 12.8. The molecule has 0 bridgehead atoms. The van der Waals surface area contributed by atoms with E-state index in [1.54, 1.807) is 26.5 Å². The highest BCUT2D eigenvalue weighted by Gasteiger charge is 2.16. The van der Waals surface area contributed by atoms with Gasteiger partial charge in [-0.2, -0.15) is 5.10 Å². The third kappa shape index (κ3) is 2.77. The third-order valence-electron chi connectivity index (χ3n) is 3.56. The van der Waals surface area contributed by atoms with Crippen LogP contribution in [0.2, 0.25) is 0 Å². The van der Waals surface area contributed by atoms with Gasteiger partial charge >= 0.3 is 0 Å². The molecule has 0 unspecified atom stereocenters. The number of halogens is 1. The molecular formula is C17H16BrN3O2. The first-order valence-electron chi connectivity index (χ1n) is 6.96. The number of para-hydroxylation sites is 1. The smallest absolute Gasteiger partial charge is 0.162 e. The fraction of sp³-hybridized carbons (Fsp3) is 0.118. The van der Waals surface area contributed by atoms with E-state index in [1.807, 2.05) is 41.1 Å². The maximum Gasteiger partial charge on any atom is 0.162 e. The number of methoxy groups -OCH3 is 2. The molecule has 3 aromatic rings. The quantitative estimate of drug-likeness (QED) is 0.704. The summed E-state index contributed by atoms with van der Waals surface area (Å²) in [5.41, 5.74) is 9.43. The highest BCUT2D eigenvalue weighted by Crippen LogP contribution is 2.38. The van der Waals surface area contributed by atoms with E-state index in [4.69, 9.17) is 15.2 Å². The predicted octanol–water partition coefficient (Wildman–Crippen LogP) is 3.90. The summed E-state index contributed by atoms with van der Waals surface area (Å²) in [6, 6.07) is 13.4. The fourth-order valence-electron chi connectivity index (χ4n) is 2.44. The maximum absolute atomic E-state index is 6.21. The lowest BCUT2D eigenvalue weighted by Crippen LogP contribution is -2.02. The van der Waals surface area contributed by atoms with Crippen LogP contribution in [-0.2, 0) is 0 Å². The average Bonchev–Trinajstić information content (AvgIpc) is 3.04. The lowest BCUT2D eigenvalue weighted by Gasteiger charge is -2.14. The number of rotatable bonds is 4. The van der Waals surface area contributed by atoms with Crippen molar-refractivity contribution >= 4 is 21.6 Å². The van der Waals surface area contributed by atoms with Crippen molar-refractivity contribution in [1.82, 2.24) is 9.78 Å². The Balaban J connectivity index is 2.18. The SMILES string of the molecule is COc1cc(N)c(-c2ccnn2-c2ccccc2Br)cc1OC. The Bertz CT molecular complexity index is 846. The molecule has 0 aliphatic carbocycles. The summed E-state index contributed by atoms with van der Waals surface area (Å²) >= 11 is 3.56. The Kier molecular flexibility index (Phi) is 4.25. The van der Waals surface area contributed by atoms with Gasteiger partial charge in [0.15, 0.2) is 11.5 Å². The van der Waals surface area contributed by atoms with Crippen LogP contribution in [0.15, 0.2) is 53.1 Å². The summed E-state index contributed by atoms with van der Waals surface area (Å²) in [5, 5.41) is 4.42. The summed E-state index contributed by atoms with van der Waals surface area (Å²) in [7, 11) is 3.19. The molecule has 6 heteroatoms. The van der Waals surface area contributed by atoms with E-state index >= 15 is 0 Å². The second-order valence-electron chi connectivity index (χ2n) is 4.87. The van der Waals surface area contributed by atoms with Crippen molar-refractivity contribution in [3.05, 3.63) is 53.1 Å². The van der Waals surface area contributed by atoms with Gasteiger partial charge in [-0.15, -0.1) is 0 Å². The Hall–Kier alpha value is -2.47. The van der Waals surface area contributed by atoms with Gasteiger partial charge in [0.2, 0.25) is 0 Å². The third-order valence-corrected chi connectivity index (χ3v) is 4.23. The maximum atomic E-state index is 6.21. The van der Waals surface area contributed by atoms with Crippen LogP contribution in [0.25, 0.3) is 16.9 Å². The second-order valence-corrected chi connectivity index (χ2v) is 5.73. The second kappa shape index (κ2) is 6.34. The van der Waals surface area contributed by atoms with Crippen LogP contribution in [-0.4, -0.2) is 24.0 Å². The number of ether oxygens (including phenoxy) is 2. The van der Waals surface area contributed by atoms with Crippen molar-refractivity contribution in [1.29, 1.82) is 0 Å². The van der Waals surface area contributed by atoms with E-state index in [-0.39, 0.29) is 0 Å². The molecule has 2 aromatic carbocycles. The molecule has 0 fully saturated rings. The van der Waals surface area contributed by atoms with Crippen LogP contribution in [0.3, 0.4) is 0 Å². The van der Waals surface area contributed by atoms with E-state index in [0.717, 1.165) is 21.4 Å². The van der Waals surface area contributed by atoms with Gasteiger partial charge in [-0.25, -0.2) is 4.68 Å². The molecule has 0 atom stereocenters. The van der Waals surface area contributed by atoms with Gasteiger partial charge in [-0.05, 0) is 40.2 Å². The molecule has 0 saturated heterocycles. The summed E-state index contributed by atoms with van der Waals surface area (Å²) < 4.78 is 13.5. The Morgan fingerprint density at radius 3 is 2.43 bits per heavy atom. The van der Waals surface area contributed by atoms with Crippen LogP contribution in [0.1, 0.15) is 0 Å². The summed E-state index contributed by atoms with van der Waals surface area (Å²) in [6.45, 7) is 0. The number of benzene rings is 2. The molecule has 0 saturated carbocycles. The highest BCUT2D eigenvalue weighted by molar-refractivity contribution is 9.10. The summed E-state index contributed by atoms with van der Waals surface area (Å²) in [4.78, 5) is 0. The lowest BCUT2D eigenvalue weighted by molar-refractivity contribution is 0.355. The molecule has 0 aliphatic heterocycles. The topological polar surface area (TPSA) is 62.3 Å². The molecule has 0 amide bonds. The molecule has 3 rings (SSSR count). The standard InChI is InChI=1S/C17H16BrN3O2/c1-22-16-9-11(13(19)10-17(16)23-2)14-7-8-20-21(14)15-6-4-3-5-12(15)18/h3-10H,19H2,1-2H3. The molecule has 1 heterocycles. The first kappa shape index (κ1) is 15.4. The van der Waals surface area contributed by atoms with Crippen LogP contribution in [0, 0.1) is 0 Å². The lowest BCUT2D eigenvalue weighted by atomic mass is 10.1. The van der Waals surface area contributed by atoms with E-state index in [1.165, 1.54) is 0 Å².